The highest BCUT2D eigenvalue weighted by Crippen LogP contribution is 2.20. The Morgan fingerprint density at radius 2 is 1.79 bits per heavy atom. The standard InChI is InChI=1S/C10H10FN.C2H6/c1-2-10(11)9-5-3-8(7-12)4-6-9;1-2/h3-6,10H,2H2,1H3;1-2H3. The lowest BCUT2D eigenvalue weighted by molar-refractivity contribution is 0.334. The normalized spacial score (nSPS) is 10.8. The molecule has 14 heavy (non-hydrogen) atoms. The van der Waals surface area contributed by atoms with E-state index in [1.54, 1.807) is 31.2 Å². The van der Waals surface area contributed by atoms with Gasteiger partial charge in [0, 0.05) is 0 Å². The number of benzene rings is 1. The maximum Gasteiger partial charge on any atom is 0.125 e. The summed E-state index contributed by atoms with van der Waals surface area (Å²) in [5, 5.41) is 8.48. The lowest BCUT2D eigenvalue weighted by Crippen LogP contribution is -1.88. The number of hydrogen-bond donors (Lipinski definition) is 0. The van der Waals surface area contributed by atoms with Gasteiger partial charge in [0.2, 0.25) is 0 Å². The highest BCUT2D eigenvalue weighted by atomic mass is 19.1. The number of alkyl halides is 1. The summed E-state index contributed by atoms with van der Waals surface area (Å²) in [6, 6.07) is 8.58. The Balaban J connectivity index is 0.000000791. The second kappa shape index (κ2) is 7.08. The molecule has 1 atom stereocenters. The van der Waals surface area contributed by atoms with Crippen LogP contribution in [0.3, 0.4) is 0 Å². The molecule has 76 valence electrons. The average molecular weight is 193 g/mol. The Morgan fingerprint density at radius 3 is 2.14 bits per heavy atom. The van der Waals surface area contributed by atoms with Crippen LogP contribution in [-0.4, -0.2) is 0 Å². The van der Waals surface area contributed by atoms with E-state index in [1.165, 1.54) is 0 Å². The van der Waals surface area contributed by atoms with E-state index >= 15 is 0 Å². The summed E-state index contributed by atoms with van der Waals surface area (Å²) in [6.45, 7) is 5.79. The Labute approximate surface area is 85.2 Å². The molecule has 0 N–H and O–H groups in total. The summed E-state index contributed by atoms with van der Waals surface area (Å²) in [7, 11) is 0. The number of nitriles is 1. The molecule has 1 nitrogen and oxygen atoms in total. The molecule has 0 saturated heterocycles. The maximum atomic E-state index is 13.0. The molecule has 0 bridgehead atoms. The smallest absolute Gasteiger partial charge is 0.125 e. The van der Waals surface area contributed by atoms with E-state index in [0.717, 1.165) is 0 Å². The van der Waals surface area contributed by atoms with Crippen LogP contribution < -0.4 is 0 Å². The first-order valence-corrected chi connectivity index (χ1v) is 4.92. The van der Waals surface area contributed by atoms with Crippen molar-refractivity contribution in [3.05, 3.63) is 35.4 Å². The van der Waals surface area contributed by atoms with Gasteiger partial charge in [0.1, 0.15) is 6.17 Å². The zero-order chi connectivity index (χ0) is 11.0. The molecule has 0 aliphatic carbocycles. The number of nitrogens with zero attached hydrogens (tertiary/aromatic N) is 1. The molecule has 0 aromatic heterocycles. The van der Waals surface area contributed by atoms with E-state index < -0.39 is 6.17 Å². The van der Waals surface area contributed by atoms with Crippen molar-refractivity contribution in [2.75, 3.05) is 0 Å². The van der Waals surface area contributed by atoms with Crippen molar-refractivity contribution < 1.29 is 4.39 Å². The van der Waals surface area contributed by atoms with E-state index in [4.69, 9.17) is 5.26 Å². The van der Waals surface area contributed by atoms with Gasteiger partial charge in [0.05, 0.1) is 11.6 Å². The van der Waals surface area contributed by atoms with Crippen LogP contribution >= 0.6 is 0 Å². The fourth-order valence-corrected chi connectivity index (χ4v) is 1.00. The quantitative estimate of drug-likeness (QED) is 0.696. The van der Waals surface area contributed by atoms with Gasteiger partial charge in [-0.3, -0.25) is 0 Å². The molecular weight excluding hydrogens is 177 g/mol. The molecule has 1 rings (SSSR count). The molecule has 0 heterocycles. The Morgan fingerprint density at radius 1 is 1.29 bits per heavy atom. The summed E-state index contributed by atoms with van der Waals surface area (Å²) in [5.74, 6) is 0. The van der Waals surface area contributed by atoms with Crippen molar-refractivity contribution in [3.8, 4) is 6.07 Å². The van der Waals surface area contributed by atoms with Crippen LogP contribution in [0.1, 0.15) is 44.5 Å². The molecule has 0 aliphatic heterocycles. The minimum Gasteiger partial charge on any atom is -0.242 e. The predicted octanol–water partition coefficient (Wildman–Crippen LogP) is 4.01. The highest BCUT2D eigenvalue weighted by Gasteiger charge is 2.05. The second-order valence-corrected chi connectivity index (χ2v) is 2.61. The van der Waals surface area contributed by atoms with Gasteiger partial charge in [-0.2, -0.15) is 5.26 Å². The molecule has 0 spiro atoms. The van der Waals surface area contributed by atoms with Crippen molar-refractivity contribution in [2.24, 2.45) is 0 Å². The van der Waals surface area contributed by atoms with Gasteiger partial charge in [-0.1, -0.05) is 32.9 Å². The molecule has 0 fully saturated rings. The van der Waals surface area contributed by atoms with Crippen molar-refractivity contribution in [1.82, 2.24) is 0 Å². The summed E-state index contributed by atoms with van der Waals surface area (Å²) < 4.78 is 13.0. The van der Waals surface area contributed by atoms with Gasteiger partial charge >= 0.3 is 0 Å². The van der Waals surface area contributed by atoms with E-state index in [0.29, 0.717) is 17.5 Å². The number of hydrogen-bond acceptors (Lipinski definition) is 1. The molecule has 1 aromatic carbocycles. The maximum absolute atomic E-state index is 13.0. The van der Waals surface area contributed by atoms with Gasteiger partial charge < -0.3 is 0 Å². The molecule has 0 saturated carbocycles. The van der Waals surface area contributed by atoms with Crippen LogP contribution in [0, 0.1) is 11.3 Å². The molecule has 2 heteroatoms. The van der Waals surface area contributed by atoms with Crippen molar-refractivity contribution >= 4 is 0 Å². The summed E-state index contributed by atoms with van der Waals surface area (Å²) in [6.07, 6.45) is -0.427. The van der Waals surface area contributed by atoms with Gasteiger partial charge in [-0.25, -0.2) is 4.39 Å². The van der Waals surface area contributed by atoms with Crippen LogP contribution in [0.25, 0.3) is 0 Å². The van der Waals surface area contributed by atoms with Crippen molar-refractivity contribution in [3.63, 3.8) is 0 Å². The Hall–Kier alpha value is -1.36. The first-order valence-electron chi connectivity index (χ1n) is 4.92. The highest BCUT2D eigenvalue weighted by molar-refractivity contribution is 5.32. The van der Waals surface area contributed by atoms with E-state index in [-0.39, 0.29) is 0 Å². The molecule has 0 amide bonds. The van der Waals surface area contributed by atoms with Gasteiger partial charge in [0.15, 0.2) is 0 Å². The Kier molecular flexibility index (Phi) is 6.39. The summed E-state index contributed by atoms with van der Waals surface area (Å²) >= 11 is 0. The first kappa shape index (κ1) is 12.6. The largest absolute Gasteiger partial charge is 0.242 e. The Bertz CT molecular complexity index is 284. The monoisotopic (exact) mass is 193 g/mol. The van der Waals surface area contributed by atoms with Crippen molar-refractivity contribution in [1.29, 1.82) is 5.26 Å². The number of halogens is 1. The summed E-state index contributed by atoms with van der Waals surface area (Å²) in [5.41, 5.74) is 1.22. The zero-order valence-electron chi connectivity index (χ0n) is 8.92. The van der Waals surface area contributed by atoms with Crippen LogP contribution in [-0.2, 0) is 0 Å². The van der Waals surface area contributed by atoms with Gasteiger partial charge in [0.25, 0.3) is 0 Å². The van der Waals surface area contributed by atoms with Crippen molar-refractivity contribution in [2.45, 2.75) is 33.4 Å². The first-order chi connectivity index (χ1) is 6.77. The third-order valence-corrected chi connectivity index (χ3v) is 1.76. The third-order valence-electron chi connectivity index (χ3n) is 1.76. The fraction of sp³-hybridized carbons (Fsp3) is 0.417. The fourth-order valence-electron chi connectivity index (χ4n) is 1.00. The third kappa shape index (κ3) is 3.57. The van der Waals surface area contributed by atoms with E-state index in [9.17, 15) is 4.39 Å². The van der Waals surface area contributed by atoms with E-state index in [1.807, 2.05) is 19.9 Å². The van der Waals surface area contributed by atoms with Crippen LogP contribution in [0.4, 0.5) is 4.39 Å². The minimum atomic E-state index is -0.905. The lowest BCUT2D eigenvalue weighted by atomic mass is 10.1. The molecular formula is C12H16FN. The van der Waals surface area contributed by atoms with Crippen LogP contribution in [0.15, 0.2) is 24.3 Å². The van der Waals surface area contributed by atoms with Crippen LogP contribution in [0.2, 0.25) is 0 Å². The summed E-state index contributed by atoms with van der Waals surface area (Å²) in [4.78, 5) is 0. The molecule has 1 aromatic rings. The molecule has 0 radical (unpaired) electrons. The van der Waals surface area contributed by atoms with Crippen LogP contribution in [0.5, 0.6) is 0 Å². The second-order valence-electron chi connectivity index (χ2n) is 2.61. The van der Waals surface area contributed by atoms with Gasteiger partial charge in [-0.15, -0.1) is 0 Å². The SMILES string of the molecule is CC.CCC(F)c1ccc(C#N)cc1. The molecule has 1 unspecified atom stereocenters. The van der Waals surface area contributed by atoms with Gasteiger partial charge in [-0.05, 0) is 24.1 Å². The topological polar surface area (TPSA) is 23.8 Å². The predicted molar refractivity (Wildman–Crippen MR) is 56.6 cm³/mol. The average Bonchev–Trinajstić information content (AvgIpc) is 2.31. The minimum absolute atomic E-state index is 0.478. The number of rotatable bonds is 2. The zero-order valence-corrected chi connectivity index (χ0v) is 8.92. The lowest BCUT2D eigenvalue weighted by Gasteiger charge is -2.03. The van der Waals surface area contributed by atoms with E-state index in [2.05, 4.69) is 0 Å². The molecule has 0 aliphatic rings.